The van der Waals surface area contributed by atoms with Crippen LogP contribution >= 0.6 is 22.9 Å². The van der Waals surface area contributed by atoms with E-state index in [1.165, 1.54) is 0 Å². The summed E-state index contributed by atoms with van der Waals surface area (Å²) in [5.74, 6) is -1.06. The third-order valence-electron chi connectivity index (χ3n) is 5.68. The summed E-state index contributed by atoms with van der Waals surface area (Å²) in [5, 5.41) is 3.77. The molecule has 1 saturated heterocycles. The van der Waals surface area contributed by atoms with E-state index in [1.54, 1.807) is 32.6 Å². The fourth-order valence-electron chi connectivity index (χ4n) is 4.02. The molecule has 1 aliphatic heterocycles. The van der Waals surface area contributed by atoms with Gasteiger partial charge in [0.1, 0.15) is 16.2 Å². The summed E-state index contributed by atoms with van der Waals surface area (Å²) >= 11 is 7.88. The summed E-state index contributed by atoms with van der Waals surface area (Å²) in [7, 11) is 0. The number of piperidine rings is 1. The molecule has 0 atom stereocenters. The Bertz CT molecular complexity index is 1210. The number of amides is 1. The lowest BCUT2D eigenvalue weighted by Crippen LogP contribution is -2.44. The van der Waals surface area contributed by atoms with Crippen molar-refractivity contribution in [1.29, 1.82) is 0 Å². The molecular formula is C29H39ClN2O7S. The van der Waals surface area contributed by atoms with Crippen molar-refractivity contribution in [3.8, 4) is 16.2 Å². The van der Waals surface area contributed by atoms with E-state index in [2.05, 4.69) is 5.32 Å². The molecule has 1 N–H and O–H groups in total. The summed E-state index contributed by atoms with van der Waals surface area (Å²) in [6.07, 6.45) is 1.26. The predicted molar refractivity (Wildman–Crippen MR) is 157 cm³/mol. The monoisotopic (exact) mass is 594 g/mol. The first-order chi connectivity index (χ1) is 18.7. The molecule has 2 aromatic rings. The Labute approximate surface area is 245 Å². The Morgan fingerprint density at radius 3 is 2.30 bits per heavy atom. The fourth-order valence-corrected chi connectivity index (χ4v) is 5.46. The minimum atomic E-state index is -0.727. The van der Waals surface area contributed by atoms with Crippen molar-refractivity contribution < 1.29 is 33.3 Å². The third kappa shape index (κ3) is 9.02. The second-order valence-corrected chi connectivity index (χ2v) is 12.9. The van der Waals surface area contributed by atoms with Crippen LogP contribution < -0.4 is 10.1 Å². The highest BCUT2D eigenvalue weighted by atomic mass is 35.5. The normalized spacial score (nSPS) is 14.4. The SMILES string of the molecule is CCOC(=O)COc1c(C(=O)OC(C)(C)C)sc(-c2cccc(NC3CCN(C(=O)OC(C)(C)C)CC3)c2)c1Cl. The van der Waals surface area contributed by atoms with Gasteiger partial charge in [0.2, 0.25) is 0 Å². The maximum absolute atomic E-state index is 13.0. The number of benzene rings is 1. The number of hydrogen-bond acceptors (Lipinski definition) is 9. The number of halogens is 1. The van der Waals surface area contributed by atoms with Crippen LogP contribution in [0.1, 0.15) is 71.0 Å². The highest BCUT2D eigenvalue weighted by Gasteiger charge is 2.30. The Morgan fingerprint density at radius 2 is 1.70 bits per heavy atom. The second-order valence-electron chi connectivity index (χ2n) is 11.5. The minimum absolute atomic E-state index is 0.0943. The van der Waals surface area contributed by atoms with E-state index < -0.39 is 23.1 Å². The molecule has 40 heavy (non-hydrogen) atoms. The van der Waals surface area contributed by atoms with Crippen LogP contribution in [-0.4, -0.2) is 66.5 Å². The van der Waals surface area contributed by atoms with Gasteiger partial charge in [-0.25, -0.2) is 14.4 Å². The molecule has 0 aliphatic carbocycles. The van der Waals surface area contributed by atoms with E-state index in [1.807, 2.05) is 45.0 Å². The van der Waals surface area contributed by atoms with E-state index in [0.29, 0.717) is 18.0 Å². The second kappa shape index (κ2) is 13.1. The third-order valence-corrected chi connectivity index (χ3v) is 7.35. The van der Waals surface area contributed by atoms with Crippen LogP contribution in [0.5, 0.6) is 5.75 Å². The number of rotatable bonds is 8. The number of thiophene rings is 1. The molecule has 220 valence electrons. The van der Waals surface area contributed by atoms with Crippen LogP contribution in [0.2, 0.25) is 5.02 Å². The number of anilines is 1. The number of carbonyl (C=O) groups excluding carboxylic acids is 3. The van der Waals surface area contributed by atoms with Crippen LogP contribution in [0.4, 0.5) is 10.5 Å². The molecule has 0 bridgehead atoms. The molecule has 0 spiro atoms. The fraction of sp³-hybridized carbons (Fsp3) is 0.552. The van der Waals surface area contributed by atoms with Gasteiger partial charge >= 0.3 is 18.0 Å². The molecule has 9 nitrogen and oxygen atoms in total. The van der Waals surface area contributed by atoms with E-state index >= 15 is 0 Å². The Morgan fingerprint density at radius 1 is 1.05 bits per heavy atom. The van der Waals surface area contributed by atoms with Crippen molar-refractivity contribution in [2.24, 2.45) is 0 Å². The number of esters is 2. The zero-order chi connectivity index (χ0) is 29.7. The molecule has 11 heteroatoms. The van der Waals surface area contributed by atoms with Gasteiger partial charge < -0.3 is 29.2 Å². The first-order valence-electron chi connectivity index (χ1n) is 13.4. The Kier molecular flexibility index (Phi) is 10.3. The molecule has 1 aliphatic rings. The standard InChI is InChI=1S/C29H39ClN2O7S/c1-8-36-21(33)17-37-23-22(30)24(40-25(23)26(34)38-28(2,3)4)18-10-9-11-20(16-18)31-19-12-14-32(15-13-19)27(35)39-29(5,6)7/h9-11,16,19,31H,8,12-15,17H2,1-7H3. The van der Waals surface area contributed by atoms with Crippen LogP contribution in [0.3, 0.4) is 0 Å². The highest BCUT2D eigenvalue weighted by molar-refractivity contribution is 7.18. The summed E-state index contributed by atoms with van der Waals surface area (Å²) in [4.78, 5) is 39.9. The van der Waals surface area contributed by atoms with Gasteiger partial charge in [0.05, 0.1) is 11.5 Å². The summed E-state index contributed by atoms with van der Waals surface area (Å²) in [6, 6.07) is 7.87. The van der Waals surface area contributed by atoms with Gasteiger partial charge in [-0.2, -0.15) is 0 Å². The first kappa shape index (κ1) is 31.5. The molecule has 2 heterocycles. The lowest BCUT2D eigenvalue weighted by Gasteiger charge is -2.34. The highest BCUT2D eigenvalue weighted by Crippen LogP contribution is 2.46. The Balaban J connectivity index is 1.78. The van der Waals surface area contributed by atoms with Crippen molar-refractivity contribution in [3.05, 3.63) is 34.2 Å². The number of carbonyl (C=O) groups is 3. The largest absolute Gasteiger partial charge is 0.479 e. The van der Waals surface area contributed by atoms with E-state index in [4.69, 9.17) is 30.5 Å². The average molecular weight is 595 g/mol. The molecule has 0 unspecified atom stereocenters. The number of likely N-dealkylation sites (tertiary alicyclic amines) is 1. The average Bonchev–Trinajstić information content (AvgIpc) is 3.18. The van der Waals surface area contributed by atoms with Crippen molar-refractivity contribution in [3.63, 3.8) is 0 Å². The quantitative estimate of drug-likeness (QED) is 0.263. The van der Waals surface area contributed by atoms with Crippen LogP contribution in [0, 0.1) is 0 Å². The molecule has 1 fully saturated rings. The van der Waals surface area contributed by atoms with Gasteiger partial charge in [-0.15, -0.1) is 11.3 Å². The topological polar surface area (TPSA) is 103 Å². The lowest BCUT2D eigenvalue weighted by molar-refractivity contribution is -0.145. The van der Waals surface area contributed by atoms with Crippen molar-refractivity contribution in [2.75, 3.05) is 31.6 Å². The number of ether oxygens (including phenoxy) is 4. The molecule has 1 amide bonds. The van der Waals surface area contributed by atoms with Gasteiger partial charge in [-0.3, -0.25) is 0 Å². The smallest absolute Gasteiger partial charge is 0.410 e. The molecular weight excluding hydrogens is 556 g/mol. The van der Waals surface area contributed by atoms with Crippen LogP contribution in [-0.2, 0) is 19.0 Å². The van der Waals surface area contributed by atoms with E-state index in [0.717, 1.165) is 35.4 Å². The maximum Gasteiger partial charge on any atom is 0.410 e. The lowest BCUT2D eigenvalue weighted by atomic mass is 10.0. The zero-order valence-corrected chi connectivity index (χ0v) is 25.8. The van der Waals surface area contributed by atoms with Crippen molar-refractivity contribution in [1.82, 2.24) is 4.90 Å². The van der Waals surface area contributed by atoms with Gasteiger partial charge in [0, 0.05) is 24.8 Å². The van der Waals surface area contributed by atoms with Gasteiger partial charge in [0.15, 0.2) is 17.2 Å². The van der Waals surface area contributed by atoms with Crippen LogP contribution in [0.15, 0.2) is 24.3 Å². The van der Waals surface area contributed by atoms with Crippen molar-refractivity contribution in [2.45, 2.75) is 78.6 Å². The molecule has 3 rings (SSSR count). The molecule has 1 aromatic heterocycles. The van der Waals surface area contributed by atoms with Crippen LogP contribution in [0.25, 0.3) is 10.4 Å². The van der Waals surface area contributed by atoms with Gasteiger partial charge in [0.25, 0.3) is 0 Å². The minimum Gasteiger partial charge on any atom is -0.479 e. The summed E-state index contributed by atoms with van der Waals surface area (Å²) < 4.78 is 21.7. The number of nitrogens with one attached hydrogen (secondary N) is 1. The summed E-state index contributed by atoms with van der Waals surface area (Å²) in [5.41, 5.74) is 0.407. The van der Waals surface area contributed by atoms with Gasteiger partial charge in [-0.1, -0.05) is 23.7 Å². The van der Waals surface area contributed by atoms with Gasteiger partial charge in [-0.05, 0) is 79.0 Å². The molecule has 1 aromatic carbocycles. The predicted octanol–water partition coefficient (Wildman–Crippen LogP) is 6.78. The summed E-state index contributed by atoms with van der Waals surface area (Å²) in [6.45, 7) is 13.6. The first-order valence-corrected chi connectivity index (χ1v) is 14.5. The van der Waals surface area contributed by atoms with E-state index in [9.17, 15) is 14.4 Å². The number of hydrogen-bond donors (Lipinski definition) is 1. The zero-order valence-electron chi connectivity index (χ0n) is 24.2. The van der Waals surface area contributed by atoms with E-state index in [-0.39, 0.29) is 41.0 Å². The van der Waals surface area contributed by atoms with Crippen molar-refractivity contribution >= 4 is 46.7 Å². The number of nitrogens with zero attached hydrogens (tertiary/aromatic N) is 1. The Hall–Kier alpha value is -2.98. The molecule has 0 radical (unpaired) electrons. The maximum atomic E-state index is 13.0. The molecule has 0 saturated carbocycles.